The van der Waals surface area contributed by atoms with Gasteiger partial charge in [-0.3, -0.25) is 14.5 Å². The summed E-state index contributed by atoms with van der Waals surface area (Å²) in [5.41, 5.74) is 1.70. The van der Waals surface area contributed by atoms with Crippen LogP contribution in [0.15, 0.2) is 48.6 Å². The van der Waals surface area contributed by atoms with Crippen molar-refractivity contribution in [3.8, 4) is 5.75 Å². The number of carbonyl (C=O) groups is 2. The Labute approximate surface area is 318 Å². The van der Waals surface area contributed by atoms with E-state index in [4.69, 9.17) is 21.1 Å². The fourth-order valence-electron chi connectivity index (χ4n) is 8.71. The lowest BCUT2D eigenvalue weighted by atomic mass is 9.63. The lowest BCUT2D eigenvalue weighted by Gasteiger charge is -2.49. The summed E-state index contributed by atoms with van der Waals surface area (Å²) in [6.45, 7) is 9.13. The topological polar surface area (TPSA) is 129 Å². The van der Waals surface area contributed by atoms with Gasteiger partial charge >= 0.3 is 0 Å². The van der Waals surface area contributed by atoms with Gasteiger partial charge in [0.1, 0.15) is 12.4 Å². The minimum atomic E-state index is -4.04. The molecule has 0 unspecified atom stereocenters. The van der Waals surface area contributed by atoms with Crippen LogP contribution >= 0.6 is 11.6 Å². The molecule has 5 aliphatic rings. The minimum Gasteiger partial charge on any atom is -0.487 e. The predicted molar refractivity (Wildman–Crippen MR) is 205 cm³/mol. The van der Waals surface area contributed by atoms with E-state index in [9.17, 15) is 23.1 Å². The highest BCUT2D eigenvalue weighted by Crippen LogP contribution is 2.46. The molecule has 0 radical (unpaired) electrons. The molecule has 2 saturated heterocycles. The summed E-state index contributed by atoms with van der Waals surface area (Å²) >= 11 is 6.37. The van der Waals surface area contributed by atoms with Crippen LogP contribution in [0.1, 0.15) is 73.9 Å². The van der Waals surface area contributed by atoms with Crippen molar-refractivity contribution in [3.63, 3.8) is 0 Å². The minimum absolute atomic E-state index is 0.0405. The van der Waals surface area contributed by atoms with Gasteiger partial charge in [-0.25, -0.2) is 13.1 Å². The first kappa shape index (κ1) is 38.1. The first-order valence-corrected chi connectivity index (χ1v) is 21.2. The number of hydrogen-bond donors (Lipinski definition) is 2. The maximum atomic E-state index is 14.0. The third-order valence-corrected chi connectivity index (χ3v) is 14.6. The van der Waals surface area contributed by atoms with E-state index in [1.54, 1.807) is 31.2 Å². The Hall–Kier alpha value is -3.16. The molecule has 0 spiro atoms. The van der Waals surface area contributed by atoms with Gasteiger partial charge in [0.15, 0.2) is 0 Å². The summed E-state index contributed by atoms with van der Waals surface area (Å²) in [6.07, 6.45) is 8.17. The number of sulfonamides is 1. The second-order valence-corrected chi connectivity index (χ2v) is 18.3. The first-order chi connectivity index (χ1) is 25.4. The van der Waals surface area contributed by atoms with Crippen LogP contribution in [0.4, 0.5) is 5.69 Å². The van der Waals surface area contributed by atoms with Crippen molar-refractivity contribution in [2.24, 2.45) is 17.8 Å². The van der Waals surface area contributed by atoms with Crippen LogP contribution in [-0.4, -0.2) is 105 Å². The van der Waals surface area contributed by atoms with E-state index in [1.807, 2.05) is 36.1 Å². The number of allylic oxidation sites excluding steroid dienone is 1. The molecule has 4 aliphatic heterocycles. The maximum Gasteiger partial charge on any atom is 0.264 e. The number of ether oxygens (including phenoxy) is 2. The molecule has 2 N–H and O–H groups in total. The zero-order valence-corrected chi connectivity index (χ0v) is 32.4. The molecule has 2 bridgehead atoms. The maximum absolute atomic E-state index is 14.0. The number of rotatable bonds is 2. The van der Waals surface area contributed by atoms with Gasteiger partial charge in [-0.1, -0.05) is 36.7 Å². The second-order valence-electron chi connectivity index (χ2n) is 15.8. The average Bonchev–Trinajstić information content (AvgIpc) is 3.15. The normalized spacial score (nSPS) is 31.6. The number of aryl methyl sites for hydroxylation is 1. The van der Waals surface area contributed by atoms with Gasteiger partial charge in [0.05, 0.1) is 42.2 Å². The molecule has 6 atom stereocenters. The summed E-state index contributed by atoms with van der Waals surface area (Å²) in [4.78, 5) is 34.1. The van der Waals surface area contributed by atoms with E-state index in [2.05, 4.69) is 14.5 Å². The Kier molecular flexibility index (Phi) is 11.4. The number of hydrogen-bond acceptors (Lipinski definition) is 9. The smallest absolute Gasteiger partial charge is 0.264 e. The molecule has 1 aliphatic carbocycles. The number of amides is 2. The van der Waals surface area contributed by atoms with Crippen LogP contribution in [-0.2, 0) is 32.6 Å². The third kappa shape index (κ3) is 8.42. The summed E-state index contributed by atoms with van der Waals surface area (Å²) in [5, 5.41) is 12.4. The standard InChI is InChI=1S/C40H53ClN4O7S/c1-27-6-5-14-40(48,22-38(46)45-17-16-43-18-19-51-26-34(43)24-45)35-12-9-31(35)23-44-15-4-3-7-29-20-33(41)11-8-32(29)25-52-37-13-10-30(21-36(37)44)39(47)42-53(49,50)28(27)2/h5,8,10-11,13-14,20-21,27-28,31,34-35,48H,3-4,6-7,9,12,15-19,22-26H2,1-2H3,(H,42,47)/b14-5+/t27-,28+,31-,34-,35+,40+/m0/s1. The molecule has 2 aromatic carbocycles. The molecule has 13 heteroatoms. The van der Waals surface area contributed by atoms with E-state index in [0.29, 0.717) is 68.9 Å². The zero-order valence-electron chi connectivity index (χ0n) is 30.8. The number of benzene rings is 2. The lowest BCUT2D eigenvalue weighted by Crippen LogP contribution is -2.60. The zero-order chi connectivity index (χ0) is 37.3. The van der Waals surface area contributed by atoms with Crippen molar-refractivity contribution in [1.29, 1.82) is 0 Å². The second kappa shape index (κ2) is 15.9. The Bertz CT molecular complexity index is 1820. The van der Waals surface area contributed by atoms with Crippen molar-refractivity contribution in [3.05, 3.63) is 70.3 Å². The van der Waals surface area contributed by atoms with Crippen LogP contribution in [0.3, 0.4) is 0 Å². The molecule has 2 amide bonds. The van der Waals surface area contributed by atoms with Gasteiger partial charge in [-0.2, -0.15) is 0 Å². The van der Waals surface area contributed by atoms with Gasteiger partial charge in [-0.15, -0.1) is 0 Å². The number of carbonyl (C=O) groups excluding carboxylic acids is 2. The monoisotopic (exact) mass is 768 g/mol. The quantitative estimate of drug-likeness (QED) is 0.415. The van der Waals surface area contributed by atoms with Crippen LogP contribution in [0, 0.1) is 17.8 Å². The number of aliphatic hydroxyl groups is 1. The Morgan fingerprint density at radius 2 is 1.89 bits per heavy atom. The van der Waals surface area contributed by atoms with Gasteiger partial charge in [0.2, 0.25) is 15.9 Å². The molecule has 53 heavy (non-hydrogen) atoms. The van der Waals surface area contributed by atoms with Crippen molar-refractivity contribution in [2.45, 2.75) is 82.3 Å². The molecule has 7 rings (SSSR count). The molecular weight excluding hydrogens is 716 g/mol. The predicted octanol–water partition coefficient (Wildman–Crippen LogP) is 4.80. The fourth-order valence-corrected chi connectivity index (χ4v) is 10.2. The number of halogens is 1. The van der Waals surface area contributed by atoms with Gasteiger partial charge in [0, 0.05) is 49.9 Å². The van der Waals surface area contributed by atoms with Crippen molar-refractivity contribution in [1.82, 2.24) is 14.5 Å². The van der Waals surface area contributed by atoms with E-state index in [0.717, 1.165) is 56.3 Å². The van der Waals surface area contributed by atoms with Crippen molar-refractivity contribution in [2.75, 3.05) is 57.4 Å². The summed E-state index contributed by atoms with van der Waals surface area (Å²) < 4.78 is 41.5. The highest BCUT2D eigenvalue weighted by Gasteiger charge is 2.48. The van der Waals surface area contributed by atoms with Gasteiger partial charge < -0.3 is 24.4 Å². The van der Waals surface area contributed by atoms with Crippen LogP contribution in [0.5, 0.6) is 5.75 Å². The molecule has 0 aromatic heterocycles. The number of nitrogens with one attached hydrogen (secondary N) is 1. The summed E-state index contributed by atoms with van der Waals surface area (Å²) in [5.74, 6) is -0.660. The van der Waals surface area contributed by atoms with E-state index < -0.39 is 26.8 Å². The highest BCUT2D eigenvalue weighted by molar-refractivity contribution is 7.90. The van der Waals surface area contributed by atoms with Crippen LogP contribution in [0.2, 0.25) is 5.02 Å². The first-order valence-electron chi connectivity index (χ1n) is 19.2. The van der Waals surface area contributed by atoms with Crippen LogP contribution in [0.25, 0.3) is 0 Å². The van der Waals surface area contributed by atoms with Gasteiger partial charge in [0.25, 0.3) is 5.91 Å². The summed E-state index contributed by atoms with van der Waals surface area (Å²) in [7, 11) is -4.04. The Morgan fingerprint density at radius 3 is 2.70 bits per heavy atom. The molecule has 3 fully saturated rings. The Morgan fingerprint density at radius 1 is 1.04 bits per heavy atom. The van der Waals surface area contributed by atoms with Crippen molar-refractivity contribution >= 4 is 39.1 Å². The SMILES string of the molecule is C[C@@H]1[C@@H](C)C/C=C/[C@@](O)(CC(=O)N2CCN3CCOC[C@@H]3C2)[C@@H]2CC[C@H]2CN2CCCCc3cc(Cl)ccc3COc3ccc(cc32)C(=O)NS1(=O)=O. The van der Waals surface area contributed by atoms with E-state index in [-0.39, 0.29) is 41.7 Å². The third-order valence-electron chi connectivity index (χ3n) is 12.4. The number of nitrogens with zero attached hydrogens (tertiary/aromatic N) is 3. The molecule has 1 saturated carbocycles. The van der Waals surface area contributed by atoms with Gasteiger partial charge in [-0.05, 0) is 105 Å². The molecular formula is C40H53ClN4O7S. The van der Waals surface area contributed by atoms with E-state index in [1.165, 1.54) is 0 Å². The average molecular weight is 769 g/mol. The van der Waals surface area contributed by atoms with Crippen molar-refractivity contribution < 1.29 is 32.6 Å². The Balaban J connectivity index is 1.22. The number of morpholine rings is 1. The summed E-state index contributed by atoms with van der Waals surface area (Å²) in [6, 6.07) is 11.1. The molecule has 4 heterocycles. The number of piperazine rings is 1. The van der Waals surface area contributed by atoms with Crippen LogP contribution < -0.4 is 14.4 Å². The molecule has 288 valence electrons. The fraction of sp³-hybridized carbons (Fsp3) is 0.600. The largest absolute Gasteiger partial charge is 0.487 e. The lowest BCUT2D eigenvalue weighted by molar-refractivity contribution is -0.145. The highest BCUT2D eigenvalue weighted by atomic mass is 35.5. The molecule has 2 aromatic rings. The molecule has 11 nitrogen and oxygen atoms in total. The van der Waals surface area contributed by atoms with E-state index >= 15 is 0 Å². The number of fused-ring (bicyclic) bond motifs is 4. The number of anilines is 1.